The predicted octanol–water partition coefficient (Wildman–Crippen LogP) is 3.26. The third-order valence-corrected chi connectivity index (χ3v) is 5.48. The number of esters is 1. The fourth-order valence-electron chi connectivity index (χ4n) is 2.43. The number of thiophene rings is 1. The van der Waals surface area contributed by atoms with E-state index in [1.807, 2.05) is 18.3 Å². The Kier molecular flexibility index (Phi) is 4.55. The highest BCUT2D eigenvalue weighted by Gasteiger charge is 2.19. The van der Waals surface area contributed by atoms with Gasteiger partial charge in [0.1, 0.15) is 0 Å². The van der Waals surface area contributed by atoms with Gasteiger partial charge in [-0.3, -0.25) is 4.79 Å². The fraction of sp³-hybridized carbons (Fsp3) is 0.467. The summed E-state index contributed by atoms with van der Waals surface area (Å²) in [5, 5.41) is 5.28. The molecular weight excluding hydrogens is 304 g/mol. The molecule has 1 aliphatic rings. The molecule has 0 fully saturated rings. The third-order valence-electron chi connectivity index (χ3n) is 3.51. The van der Waals surface area contributed by atoms with Gasteiger partial charge in [-0.05, 0) is 30.4 Å². The zero-order valence-corrected chi connectivity index (χ0v) is 13.6. The van der Waals surface area contributed by atoms with Gasteiger partial charge in [0.25, 0.3) is 0 Å². The van der Waals surface area contributed by atoms with E-state index >= 15 is 0 Å². The molecule has 0 saturated carbocycles. The highest BCUT2D eigenvalue weighted by Crippen LogP contribution is 2.29. The molecule has 0 N–H and O–H groups in total. The number of nitrogens with zero attached hydrogens (tertiary/aromatic N) is 2. The van der Waals surface area contributed by atoms with Crippen LogP contribution < -0.4 is 4.90 Å². The van der Waals surface area contributed by atoms with Gasteiger partial charge in [0.2, 0.25) is 0 Å². The van der Waals surface area contributed by atoms with Crippen molar-refractivity contribution in [3.8, 4) is 0 Å². The summed E-state index contributed by atoms with van der Waals surface area (Å²) in [7, 11) is 0. The van der Waals surface area contributed by atoms with E-state index < -0.39 is 0 Å². The quantitative estimate of drug-likeness (QED) is 0.793. The lowest BCUT2D eigenvalue weighted by Crippen LogP contribution is -2.29. The predicted molar refractivity (Wildman–Crippen MR) is 86.1 cm³/mol. The lowest BCUT2D eigenvalue weighted by Gasteiger charge is -2.26. The lowest BCUT2D eigenvalue weighted by atomic mass is 10.1. The zero-order valence-electron chi connectivity index (χ0n) is 12.0. The Morgan fingerprint density at radius 2 is 2.38 bits per heavy atom. The van der Waals surface area contributed by atoms with E-state index in [-0.39, 0.29) is 5.97 Å². The van der Waals surface area contributed by atoms with Crippen molar-refractivity contribution in [3.05, 3.63) is 33.0 Å². The van der Waals surface area contributed by atoms with Crippen LogP contribution in [0, 0.1) is 0 Å². The van der Waals surface area contributed by atoms with Crippen LogP contribution in [0.3, 0.4) is 0 Å². The summed E-state index contributed by atoms with van der Waals surface area (Å²) in [6.45, 7) is 4.24. The zero-order chi connectivity index (χ0) is 14.7. The first-order chi connectivity index (χ1) is 10.3. The first-order valence-corrected chi connectivity index (χ1v) is 8.92. The van der Waals surface area contributed by atoms with Gasteiger partial charge < -0.3 is 9.64 Å². The van der Waals surface area contributed by atoms with Crippen molar-refractivity contribution >= 4 is 33.8 Å². The number of carbonyl (C=O) groups excluding carboxylic acids is 1. The van der Waals surface area contributed by atoms with E-state index in [1.165, 1.54) is 10.4 Å². The standard InChI is InChI=1S/C15H18N2O2S2/c1-2-19-14(18)4-3-12-10-21-15(16-12)17-7-5-13-11(9-17)6-8-20-13/h6,8,10H,2-5,7,9H2,1H3. The Morgan fingerprint density at radius 1 is 1.48 bits per heavy atom. The van der Waals surface area contributed by atoms with E-state index in [9.17, 15) is 4.79 Å². The molecule has 1 aliphatic heterocycles. The fourth-order valence-corrected chi connectivity index (χ4v) is 4.21. The molecule has 0 radical (unpaired) electrons. The Labute approximate surface area is 132 Å². The van der Waals surface area contributed by atoms with Crippen LogP contribution in [0.1, 0.15) is 29.5 Å². The minimum absolute atomic E-state index is 0.145. The van der Waals surface area contributed by atoms with Gasteiger partial charge in [-0.2, -0.15) is 0 Å². The molecule has 2 aromatic heterocycles. The van der Waals surface area contributed by atoms with Gasteiger partial charge in [-0.1, -0.05) is 0 Å². The van der Waals surface area contributed by atoms with Gasteiger partial charge in [-0.25, -0.2) is 4.98 Å². The van der Waals surface area contributed by atoms with Crippen molar-refractivity contribution in [1.29, 1.82) is 0 Å². The average Bonchev–Trinajstić information content (AvgIpc) is 3.13. The number of thiazole rings is 1. The molecule has 0 aliphatic carbocycles. The van der Waals surface area contributed by atoms with Crippen LogP contribution in [0.2, 0.25) is 0 Å². The molecule has 112 valence electrons. The Balaban J connectivity index is 1.59. The maximum atomic E-state index is 11.4. The minimum Gasteiger partial charge on any atom is -0.466 e. The molecule has 0 atom stereocenters. The molecule has 3 rings (SSSR count). The number of rotatable bonds is 5. The third kappa shape index (κ3) is 3.44. The number of hydrogen-bond donors (Lipinski definition) is 0. The summed E-state index contributed by atoms with van der Waals surface area (Å²) in [5.41, 5.74) is 2.41. The number of anilines is 1. The van der Waals surface area contributed by atoms with Crippen molar-refractivity contribution in [2.75, 3.05) is 18.1 Å². The lowest BCUT2D eigenvalue weighted by molar-refractivity contribution is -0.143. The second kappa shape index (κ2) is 6.58. The normalized spacial score (nSPS) is 14.0. The molecule has 0 amide bonds. The van der Waals surface area contributed by atoms with E-state index in [2.05, 4.69) is 26.7 Å². The van der Waals surface area contributed by atoms with Crippen LogP contribution in [-0.4, -0.2) is 24.1 Å². The van der Waals surface area contributed by atoms with Crippen molar-refractivity contribution < 1.29 is 9.53 Å². The monoisotopic (exact) mass is 322 g/mol. The molecule has 0 saturated heterocycles. The smallest absolute Gasteiger partial charge is 0.306 e. The molecular formula is C15H18N2O2S2. The second-order valence-electron chi connectivity index (χ2n) is 4.97. The van der Waals surface area contributed by atoms with Crippen LogP contribution in [0.25, 0.3) is 0 Å². The topological polar surface area (TPSA) is 42.4 Å². The van der Waals surface area contributed by atoms with Crippen LogP contribution in [-0.2, 0) is 28.9 Å². The van der Waals surface area contributed by atoms with E-state index in [4.69, 9.17) is 4.74 Å². The van der Waals surface area contributed by atoms with Crippen molar-refractivity contribution in [2.45, 2.75) is 32.7 Å². The van der Waals surface area contributed by atoms with Crippen LogP contribution in [0.15, 0.2) is 16.8 Å². The number of hydrogen-bond acceptors (Lipinski definition) is 6. The first kappa shape index (κ1) is 14.5. The molecule has 0 bridgehead atoms. The van der Waals surface area contributed by atoms with E-state index in [0.29, 0.717) is 19.4 Å². The van der Waals surface area contributed by atoms with Crippen LogP contribution >= 0.6 is 22.7 Å². The highest BCUT2D eigenvalue weighted by atomic mass is 32.1. The SMILES string of the molecule is CCOC(=O)CCc1csc(N2CCc3sccc3C2)n1. The molecule has 21 heavy (non-hydrogen) atoms. The summed E-state index contributed by atoms with van der Waals surface area (Å²) in [5.74, 6) is -0.145. The summed E-state index contributed by atoms with van der Waals surface area (Å²) in [4.78, 5) is 19.9. The van der Waals surface area contributed by atoms with Gasteiger partial charge in [-0.15, -0.1) is 22.7 Å². The summed E-state index contributed by atoms with van der Waals surface area (Å²) in [6, 6.07) is 2.21. The minimum atomic E-state index is -0.145. The molecule has 4 nitrogen and oxygen atoms in total. The van der Waals surface area contributed by atoms with Crippen molar-refractivity contribution in [2.24, 2.45) is 0 Å². The van der Waals surface area contributed by atoms with Crippen molar-refractivity contribution in [1.82, 2.24) is 4.98 Å². The molecule has 2 aromatic rings. The molecule has 6 heteroatoms. The summed E-state index contributed by atoms with van der Waals surface area (Å²) < 4.78 is 4.94. The number of aryl methyl sites for hydroxylation is 1. The molecule has 0 unspecified atom stereocenters. The second-order valence-corrected chi connectivity index (χ2v) is 6.80. The molecule has 0 aromatic carbocycles. The van der Waals surface area contributed by atoms with Crippen molar-refractivity contribution in [3.63, 3.8) is 0 Å². The first-order valence-electron chi connectivity index (χ1n) is 7.16. The number of aromatic nitrogens is 1. The molecule has 3 heterocycles. The van der Waals surface area contributed by atoms with E-state index in [1.54, 1.807) is 11.3 Å². The Hall–Kier alpha value is -1.40. The largest absolute Gasteiger partial charge is 0.466 e. The molecule has 0 spiro atoms. The Bertz CT molecular complexity index is 621. The summed E-state index contributed by atoms with van der Waals surface area (Å²) >= 11 is 3.51. The average molecular weight is 322 g/mol. The van der Waals surface area contributed by atoms with Crippen LogP contribution in [0.5, 0.6) is 0 Å². The van der Waals surface area contributed by atoms with E-state index in [0.717, 1.165) is 30.3 Å². The number of fused-ring (bicyclic) bond motifs is 1. The van der Waals surface area contributed by atoms with Gasteiger partial charge in [0.05, 0.1) is 18.7 Å². The maximum absolute atomic E-state index is 11.4. The number of ether oxygens (including phenoxy) is 1. The Morgan fingerprint density at radius 3 is 3.24 bits per heavy atom. The number of carbonyl (C=O) groups is 1. The van der Waals surface area contributed by atoms with Gasteiger partial charge in [0, 0.05) is 29.8 Å². The van der Waals surface area contributed by atoms with Gasteiger partial charge in [0.15, 0.2) is 5.13 Å². The highest BCUT2D eigenvalue weighted by molar-refractivity contribution is 7.13. The maximum Gasteiger partial charge on any atom is 0.306 e. The summed E-state index contributed by atoms with van der Waals surface area (Å²) in [6.07, 6.45) is 2.17. The van der Waals surface area contributed by atoms with Crippen LogP contribution in [0.4, 0.5) is 5.13 Å². The van der Waals surface area contributed by atoms with Gasteiger partial charge >= 0.3 is 5.97 Å².